The number of nitrogens with zero attached hydrogens (tertiary/aromatic N) is 2. The van der Waals surface area contributed by atoms with Crippen LogP contribution in [0.25, 0.3) is 53.8 Å². The summed E-state index contributed by atoms with van der Waals surface area (Å²) in [5.74, 6) is -0.609. The molecule has 2 nitrogen and oxygen atoms in total. The van der Waals surface area contributed by atoms with Crippen LogP contribution in [0.15, 0.2) is 116 Å². The Morgan fingerprint density at radius 3 is 2.22 bits per heavy atom. The Morgan fingerprint density at radius 1 is 0.780 bits per heavy atom. The summed E-state index contributed by atoms with van der Waals surface area (Å²) in [6.45, 7) is 17.6. The Balaban J connectivity index is 0.000000211. The molecule has 1 radical (unpaired) electrons. The fourth-order valence-electron chi connectivity index (χ4n) is 6.24. The first-order chi connectivity index (χ1) is 23.7. The van der Waals surface area contributed by atoms with Gasteiger partial charge in [-0.2, -0.15) is 11.3 Å². The minimum Gasteiger partial charge on any atom is -0.305 e. The number of fused-ring (bicyclic) bond motifs is 3. The maximum atomic E-state index is 8.44. The third-order valence-corrected chi connectivity index (χ3v) is 11.8. The van der Waals surface area contributed by atoms with E-state index in [-0.39, 0.29) is 25.5 Å². The van der Waals surface area contributed by atoms with Crippen molar-refractivity contribution in [2.24, 2.45) is 5.41 Å². The smallest absolute Gasteiger partial charge is 0.0799 e. The van der Waals surface area contributed by atoms with E-state index in [4.69, 9.17) is 6.35 Å². The second-order valence-electron chi connectivity index (χ2n) is 15.2. The van der Waals surface area contributed by atoms with Crippen LogP contribution in [0.3, 0.4) is 0 Å². The average Bonchev–Trinajstić information content (AvgIpc) is 3.46. The molecule has 257 valence electrons. The summed E-state index contributed by atoms with van der Waals surface area (Å²) in [6, 6.07) is 42.6. The predicted molar refractivity (Wildman–Crippen MR) is 216 cm³/mol. The molecule has 7 rings (SSSR count). The van der Waals surface area contributed by atoms with Gasteiger partial charge < -0.3 is 9.97 Å². The van der Waals surface area contributed by atoms with E-state index in [0.717, 1.165) is 34.5 Å². The molecule has 0 aliphatic carbocycles. The van der Waals surface area contributed by atoms with Gasteiger partial charge in [0, 0.05) is 38.6 Å². The number of thiophene rings is 1. The molecule has 3 aromatic heterocycles. The third kappa shape index (κ3) is 8.76. The summed E-state index contributed by atoms with van der Waals surface area (Å²) in [6.07, 6.45) is 4.95. The van der Waals surface area contributed by atoms with Crippen molar-refractivity contribution in [1.82, 2.24) is 9.97 Å². The Hall–Kier alpha value is -3.73. The van der Waals surface area contributed by atoms with Gasteiger partial charge in [0.05, 0.1) is 8.07 Å². The number of benzene rings is 4. The second kappa shape index (κ2) is 15.7. The molecule has 0 aliphatic rings. The molecule has 0 fully saturated rings. The molecule has 0 bridgehead atoms. The van der Waals surface area contributed by atoms with Crippen molar-refractivity contribution in [2.45, 2.75) is 66.6 Å². The Labute approximate surface area is 318 Å². The monoisotopic (exact) mass is 868 g/mol. The maximum absolute atomic E-state index is 8.44. The maximum Gasteiger partial charge on any atom is 0.0799 e. The van der Waals surface area contributed by atoms with Gasteiger partial charge in [-0.3, -0.25) is 0 Å². The van der Waals surface area contributed by atoms with Crippen LogP contribution >= 0.6 is 11.3 Å². The first kappa shape index (κ1) is 36.1. The zero-order valence-corrected chi connectivity index (χ0v) is 34.5. The molecule has 4 aromatic carbocycles. The first-order valence-corrected chi connectivity index (χ1v) is 21.3. The minimum absolute atomic E-state index is 0. The molecule has 0 unspecified atom stereocenters. The van der Waals surface area contributed by atoms with E-state index in [2.05, 4.69) is 130 Å². The molecule has 5 heteroatoms. The van der Waals surface area contributed by atoms with Gasteiger partial charge in [0.2, 0.25) is 0 Å². The van der Waals surface area contributed by atoms with Crippen molar-refractivity contribution in [2.75, 3.05) is 0 Å². The van der Waals surface area contributed by atoms with E-state index < -0.39 is 14.0 Å². The van der Waals surface area contributed by atoms with Crippen LogP contribution in [0.5, 0.6) is 0 Å². The Bertz CT molecular complexity index is 2250. The third-order valence-electron chi connectivity index (χ3n) is 8.59. The molecular weight excluding hydrogens is 821 g/mol. The first-order valence-electron chi connectivity index (χ1n) is 17.5. The molecule has 50 heavy (non-hydrogen) atoms. The summed E-state index contributed by atoms with van der Waals surface area (Å²) >= 11 is 1.83. The molecule has 7 aromatic rings. The van der Waals surface area contributed by atoms with Crippen LogP contribution in [-0.2, 0) is 26.5 Å². The summed E-state index contributed by atoms with van der Waals surface area (Å²) in [7, 11) is -1.50. The SMILES string of the molecule is CC(C)(C)Cc1ccnc(-c2[c-]ccc3c2sc2ccc(-c4ccccc4)cc23)c1.[2H]C(C)(C)c1cc(-c2[c-]cccc2)ncc1[Si](C)(C)C.[Ir]. The molecule has 0 N–H and O–H groups in total. The van der Waals surface area contributed by atoms with Crippen LogP contribution in [0.1, 0.15) is 53.0 Å². The van der Waals surface area contributed by atoms with Crippen molar-refractivity contribution in [1.29, 1.82) is 0 Å². The standard InChI is InChI=1S/C28H24NS.C17H22NSi.Ir/c1-28(2,3)18-19-14-15-29-25(16-19)23-11-7-10-22-24-17-21(20-8-5-4-6-9-20)12-13-26(24)30-27(22)23;1-13(2)15-11-16(14-9-7-6-8-10-14)18-12-17(15)19(3,4)5;/h4-10,12-17H,18H2,1-3H3;6-9,11-13H,1-5H3;/q2*-1;/i;13D;. The largest absolute Gasteiger partial charge is 0.305 e. The summed E-state index contributed by atoms with van der Waals surface area (Å²) in [5.41, 5.74) is 9.18. The quantitative estimate of drug-likeness (QED) is 0.123. The summed E-state index contributed by atoms with van der Waals surface area (Å²) < 4.78 is 11.0. The number of rotatable bonds is 6. The van der Waals surface area contributed by atoms with Gasteiger partial charge in [0.25, 0.3) is 0 Å². The number of pyridine rings is 2. The topological polar surface area (TPSA) is 25.8 Å². The van der Waals surface area contributed by atoms with E-state index in [0.29, 0.717) is 0 Å². The van der Waals surface area contributed by atoms with E-state index in [9.17, 15) is 0 Å². The average molecular weight is 868 g/mol. The van der Waals surface area contributed by atoms with Crippen LogP contribution in [-0.4, -0.2) is 18.0 Å². The number of hydrogen-bond donors (Lipinski definition) is 0. The van der Waals surface area contributed by atoms with E-state index >= 15 is 0 Å². The van der Waals surface area contributed by atoms with E-state index in [1.165, 1.54) is 42.0 Å². The number of aromatic nitrogens is 2. The normalized spacial score (nSPS) is 12.2. The predicted octanol–water partition coefficient (Wildman–Crippen LogP) is 12.4. The minimum atomic E-state index is -1.50. The molecule has 0 amide bonds. The second-order valence-corrected chi connectivity index (χ2v) is 21.3. The van der Waals surface area contributed by atoms with Crippen LogP contribution in [0.2, 0.25) is 19.6 Å². The summed E-state index contributed by atoms with van der Waals surface area (Å²) in [4.78, 5) is 9.31. The van der Waals surface area contributed by atoms with Gasteiger partial charge in [-0.25, -0.2) is 0 Å². The molecule has 0 aliphatic heterocycles. The molecular formula is C45H46IrN2SSi-2. The summed E-state index contributed by atoms with van der Waals surface area (Å²) in [5, 5.41) is 3.86. The molecule has 0 spiro atoms. The zero-order chi connectivity index (χ0) is 35.7. The number of hydrogen-bond acceptors (Lipinski definition) is 3. The Morgan fingerprint density at radius 2 is 1.54 bits per heavy atom. The molecule has 3 heterocycles. The van der Waals surface area contributed by atoms with Crippen LogP contribution < -0.4 is 5.19 Å². The van der Waals surface area contributed by atoms with Gasteiger partial charge >= 0.3 is 0 Å². The molecule has 0 saturated heterocycles. The van der Waals surface area contributed by atoms with Crippen molar-refractivity contribution in [3.8, 4) is 33.6 Å². The van der Waals surface area contributed by atoms with Crippen LogP contribution in [0, 0.1) is 17.5 Å². The van der Waals surface area contributed by atoms with Crippen molar-refractivity contribution in [3.63, 3.8) is 0 Å². The van der Waals surface area contributed by atoms with E-state index in [1.807, 2.05) is 67.9 Å². The fourth-order valence-corrected chi connectivity index (χ4v) is 9.01. The zero-order valence-electron chi connectivity index (χ0n) is 31.3. The Kier molecular flexibility index (Phi) is 11.3. The van der Waals surface area contributed by atoms with Crippen molar-refractivity contribution >= 4 is 44.8 Å². The molecule has 0 saturated carbocycles. The van der Waals surface area contributed by atoms with Gasteiger partial charge in [0.15, 0.2) is 0 Å². The van der Waals surface area contributed by atoms with Gasteiger partial charge in [-0.05, 0) is 73.7 Å². The van der Waals surface area contributed by atoms with Gasteiger partial charge in [-0.1, -0.05) is 119 Å². The fraction of sp³-hybridized carbons (Fsp3) is 0.244. The van der Waals surface area contributed by atoms with Crippen molar-refractivity contribution < 1.29 is 21.5 Å². The van der Waals surface area contributed by atoms with E-state index in [1.54, 1.807) is 0 Å². The van der Waals surface area contributed by atoms with Gasteiger partial charge in [0.1, 0.15) is 0 Å². The van der Waals surface area contributed by atoms with Crippen LogP contribution in [0.4, 0.5) is 0 Å². The van der Waals surface area contributed by atoms with Gasteiger partial charge in [-0.15, -0.1) is 59.7 Å². The molecule has 0 atom stereocenters. The van der Waals surface area contributed by atoms with Crippen molar-refractivity contribution in [3.05, 3.63) is 139 Å².